The van der Waals surface area contributed by atoms with Crippen LogP contribution in [0.1, 0.15) is 19.3 Å². The minimum absolute atomic E-state index is 0.0245. The molecule has 0 aliphatic carbocycles. The number of hydrogen-bond donors (Lipinski definition) is 1. The summed E-state index contributed by atoms with van der Waals surface area (Å²) in [5.74, 6) is -2.42. The lowest BCUT2D eigenvalue weighted by Gasteiger charge is -2.19. The van der Waals surface area contributed by atoms with Gasteiger partial charge in [-0.05, 0) is 20.0 Å². The van der Waals surface area contributed by atoms with Gasteiger partial charge >= 0.3 is 0 Å². The maximum Gasteiger partial charge on any atom is 0.249 e. The van der Waals surface area contributed by atoms with Crippen LogP contribution in [0.15, 0.2) is 0 Å². The molecule has 1 N–H and O–H groups in total. The molecule has 0 radical (unpaired) electrons. The number of halogens is 2. The minimum Gasteiger partial charge on any atom is -0.318 e. The molecular formula is C9H18F2N2. The van der Waals surface area contributed by atoms with Crippen LogP contribution >= 0.6 is 0 Å². The van der Waals surface area contributed by atoms with Gasteiger partial charge in [0.1, 0.15) is 0 Å². The van der Waals surface area contributed by atoms with E-state index in [0.717, 1.165) is 19.6 Å². The summed E-state index contributed by atoms with van der Waals surface area (Å²) in [5, 5.41) is 3.03. The van der Waals surface area contributed by atoms with E-state index in [4.69, 9.17) is 0 Å². The van der Waals surface area contributed by atoms with Crippen molar-refractivity contribution in [1.82, 2.24) is 10.2 Å². The Morgan fingerprint density at radius 2 is 2.08 bits per heavy atom. The average molecular weight is 192 g/mol. The van der Waals surface area contributed by atoms with E-state index in [-0.39, 0.29) is 12.8 Å². The summed E-state index contributed by atoms with van der Waals surface area (Å²) >= 11 is 0. The van der Waals surface area contributed by atoms with E-state index >= 15 is 0 Å². The van der Waals surface area contributed by atoms with Gasteiger partial charge in [-0.2, -0.15) is 0 Å². The highest BCUT2D eigenvalue weighted by molar-refractivity contribution is 4.75. The second-order valence-corrected chi connectivity index (χ2v) is 3.65. The Balaban J connectivity index is 2.28. The van der Waals surface area contributed by atoms with Crippen molar-refractivity contribution in [3.05, 3.63) is 0 Å². The molecule has 4 heteroatoms. The van der Waals surface area contributed by atoms with Crippen LogP contribution in [0.5, 0.6) is 0 Å². The third-order valence-electron chi connectivity index (χ3n) is 2.49. The van der Waals surface area contributed by atoms with Crippen molar-refractivity contribution >= 4 is 0 Å². The van der Waals surface area contributed by atoms with Crippen molar-refractivity contribution in [2.75, 3.05) is 33.2 Å². The lowest BCUT2D eigenvalue weighted by molar-refractivity contribution is -0.0130. The number of alkyl halides is 2. The number of likely N-dealkylation sites (N-methyl/N-ethyl adjacent to an activating group) is 1. The molecule has 0 amide bonds. The molecule has 0 bridgehead atoms. The van der Waals surface area contributed by atoms with E-state index in [1.807, 2.05) is 7.05 Å². The summed E-state index contributed by atoms with van der Waals surface area (Å²) in [7, 11) is 1.88. The van der Waals surface area contributed by atoms with E-state index in [0.29, 0.717) is 13.0 Å². The predicted molar refractivity (Wildman–Crippen MR) is 49.2 cm³/mol. The van der Waals surface area contributed by atoms with Crippen LogP contribution in [0.3, 0.4) is 0 Å². The largest absolute Gasteiger partial charge is 0.318 e. The van der Waals surface area contributed by atoms with Crippen molar-refractivity contribution < 1.29 is 8.78 Å². The van der Waals surface area contributed by atoms with E-state index < -0.39 is 5.92 Å². The van der Waals surface area contributed by atoms with Crippen LogP contribution in [0.4, 0.5) is 8.78 Å². The van der Waals surface area contributed by atoms with Gasteiger partial charge in [0.05, 0.1) is 0 Å². The topological polar surface area (TPSA) is 15.3 Å². The fourth-order valence-corrected chi connectivity index (χ4v) is 1.61. The highest BCUT2D eigenvalue weighted by Gasteiger charge is 2.31. The Morgan fingerprint density at radius 1 is 1.31 bits per heavy atom. The normalized spacial score (nSPS) is 24.2. The average Bonchev–Trinajstić information content (AvgIpc) is 2.23. The molecule has 1 aliphatic rings. The molecule has 13 heavy (non-hydrogen) atoms. The van der Waals surface area contributed by atoms with Crippen LogP contribution in [0.25, 0.3) is 0 Å². The zero-order valence-electron chi connectivity index (χ0n) is 8.15. The Labute approximate surface area is 78.3 Å². The standard InChI is InChI=1S/C9H18F2N2/c1-12-5-8-13-6-2-3-9(10,11)4-7-13/h12H,2-8H2,1H3. The first-order valence-electron chi connectivity index (χ1n) is 4.89. The second kappa shape index (κ2) is 4.86. The van der Waals surface area contributed by atoms with Crippen molar-refractivity contribution in [3.8, 4) is 0 Å². The van der Waals surface area contributed by atoms with Gasteiger partial charge in [0.25, 0.3) is 0 Å². The second-order valence-electron chi connectivity index (χ2n) is 3.65. The monoisotopic (exact) mass is 192 g/mol. The van der Waals surface area contributed by atoms with Crippen LogP contribution < -0.4 is 5.32 Å². The third-order valence-corrected chi connectivity index (χ3v) is 2.49. The zero-order valence-corrected chi connectivity index (χ0v) is 8.15. The molecule has 1 rings (SSSR count). The molecule has 0 atom stereocenters. The molecular weight excluding hydrogens is 174 g/mol. The van der Waals surface area contributed by atoms with Crippen molar-refractivity contribution in [2.45, 2.75) is 25.2 Å². The molecule has 2 nitrogen and oxygen atoms in total. The Hall–Kier alpha value is -0.220. The molecule has 0 saturated carbocycles. The number of nitrogens with zero attached hydrogens (tertiary/aromatic N) is 1. The van der Waals surface area contributed by atoms with Crippen molar-refractivity contribution in [3.63, 3.8) is 0 Å². The van der Waals surface area contributed by atoms with Crippen molar-refractivity contribution in [1.29, 1.82) is 0 Å². The van der Waals surface area contributed by atoms with Gasteiger partial charge in [-0.1, -0.05) is 0 Å². The maximum atomic E-state index is 12.9. The fraction of sp³-hybridized carbons (Fsp3) is 1.00. The molecule has 1 aliphatic heterocycles. The number of likely N-dealkylation sites (tertiary alicyclic amines) is 1. The first-order chi connectivity index (χ1) is 6.14. The molecule has 0 unspecified atom stereocenters. The number of rotatable bonds is 3. The van der Waals surface area contributed by atoms with E-state index in [1.165, 1.54) is 0 Å². The molecule has 78 valence electrons. The summed E-state index contributed by atoms with van der Waals surface area (Å²) < 4.78 is 25.8. The maximum absolute atomic E-state index is 12.9. The Kier molecular flexibility index (Phi) is 4.06. The SMILES string of the molecule is CNCCN1CCCC(F)(F)CC1. The molecule has 0 aromatic rings. The van der Waals surface area contributed by atoms with E-state index in [9.17, 15) is 8.78 Å². The van der Waals surface area contributed by atoms with Gasteiger partial charge in [-0.15, -0.1) is 0 Å². The molecule has 1 saturated heterocycles. The van der Waals surface area contributed by atoms with Crippen LogP contribution in [0, 0.1) is 0 Å². The molecule has 0 aromatic heterocycles. The van der Waals surface area contributed by atoms with Crippen molar-refractivity contribution in [2.24, 2.45) is 0 Å². The van der Waals surface area contributed by atoms with Gasteiger partial charge < -0.3 is 10.2 Å². The fourth-order valence-electron chi connectivity index (χ4n) is 1.61. The first-order valence-corrected chi connectivity index (χ1v) is 4.89. The summed E-state index contributed by atoms with van der Waals surface area (Å²) in [5.41, 5.74) is 0. The smallest absolute Gasteiger partial charge is 0.249 e. The van der Waals surface area contributed by atoms with Gasteiger partial charge in [0, 0.05) is 32.5 Å². The van der Waals surface area contributed by atoms with Crippen LogP contribution in [-0.4, -0.2) is 44.0 Å². The molecule has 0 spiro atoms. The summed E-state index contributed by atoms with van der Waals surface area (Å²) in [6, 6.07) is 0. The molecule has 0 aromatic carbocycles. The number of hydrogen-bond acceptors (Lipinski definition) is 2. The summed E-state index contributed by atoms with van der Waals surface area (Å²) in [4.78, 5) is 2.11. The lowest BCUT2D eigenvalue weighted by atomic mass is 10.1. The lowest BCUT2D eigenvalue weighted by Crippen LogP contribution is -2.32. The highest BCUT2D eigenvalue weighted by Crippen LogP contribution is 2.27. The predicted octanol–water partition coefficient (Wildman–Crippen LogP) is 1.33. The van der Waals surface area contributed by atoms with Gasteiger partial charge in [0.15, 0.2) is 0 Å². The van der Waals surface area contributed by atoms with Crippen LogP contribution in [0.2, 0.25) is 0 Å². The van der Waals surface area contributed by atoms with Gasteiger partial charge in [-0.25, -0.2) is 8.78 Å². The van der Waals surface area contributed by atoms with E-state index in [1.54, 1.807) is 0 Å². The third kappa shape index (κ3) is 4.00. The summed E-state index contributed by atoms with van der Waals surface area (Å²) in [6.07, 6.45) is 0.705. The van der Waals surface area contributed by atoms with E-state index in [2.05, 4.69) is 10.2 Å². The summed E-state index contributed by atoms with van der Waals surface area (Å²) in [6.45, 7) is 3.12. The zero-order chi connectivity index (χ0) is 9.73. The number of nitrogens with one attached hydrogen (secondary N) is 1. The minimum atomic E-state index is -2.42. The Bertz CT molecular complexity index is 151. The highest BCUT2D eigenvalue weighted by atomic mass is 19.3. The Morgan fingerprint density at radius 3 is 2.77 bits per heavy atom. The molecule has 1 heterocycles. The van der Waals surface area contributed by atoms with Gasteiger partial charge in [-0.3, -0.25) is 0 Å². The first kappa shape index (κ1) is 10.9. The van der Waals surface area contributed by atoms with Gasteiger partial charge in [0.2, 0.25) is 5.92 Å². The van der Waals surface area contributed by atoms with Crippen LogP contribution in [-0.2, 0) is 0 Å². The quantitative estimate of drug-likeness (QED) is 0.725. The molecule has 1 fully saturated rings.